The van der Waals surface area contributed by atoms with Gasteiger partial charge in [0.15, 0.2) is 5.13 Å². The van der Waals surface area contributed by atoms with Crippen LogP contribution in [0, 0.1) is 0 Å². The Kier molecular flexibility index (Phi) is 4.65. The summed E-state index contributed by atoms with van der Waals surface area (Å²) in [4.78, 5) is 7.54. The van der Waals surface area contributed by atoms with Crippen molar-refractivity contribution in [2.45, 2.75) is 13.1 Å². The van der Waals surface area contributed by atoms with Crippen LogP contribution in [0.2, 0.25) is 0 Å². The zero-order valence-electron chi connectivity index (χ0n) is 11.9. The molecular weight excluding hydrogens is 298 g/mol. The molecule has 3 rings (SSSR count). The molecule has 1 atom stereocenters. The quantitative estimate of drug-likeness (QED) is 0.731. The van der Waals surface area contributed by atoms with E-state index in [2.05, 4.69) is 52.4 Å². The van der Waals surface area contributed by atoms with E-state index in [9.17, 15) is 0 Å². The highest BCUT2D eigenvalue weighted by Crippen LogP contribution is 2.20. The summed E-state index contributed by atoms with van der Waals surface area (Å²) in [6, 6.07) is 14.5. The third-order valence-corrected chi connectivity index (χ3v) is 4.80. The predicted molar refractivity (Wildman–Crippen MR) is 90.5 cm³/mol. The van der Waals surface area contributed by atoms with E-state index in [-0.39, 0.29) is 0 Å². The Morgan fingerprint density at radius 1 is 1.05 bits per heavy atom. The molecule has 0 bridgehead atoms. The van der Waals surface area contributed by atoms with Crippen LogP contribution in [-0.2, 0) is 13.1 Å². The minimum atomic E-state index is 0.949. The first-order chi connectivity index (χ1) is 10.3. The van der Waals surface area contributed by atoms with E-state index in [1.807, 2.05) is 29.5 Å². The van der Waals surface area contributed by atoms with Gasteiger partial charge in [-0.05, 0) is 23.6 Å². The van der Waals surface area contributed by atoms with Gasteiger partial charge in [0.25, 0.3) is 0 Å². The highest BCUT2D eigenvalue weighted by molar-refractivity contribution is 7.13. The zero-order chi connectivity index (χ0) is 14.5. The fourth-order valence-electron chi connectivity index (χ4n) is 2.17. The van der Waals surface area contributed by atoms with Crippen molar-refractivity contribution in [2.24, 2.45) is 0 Å². The minimum Gasteiger partial charge on any atom is -0.332 e. The molecule has 0 aliphatic carbocycles. The summed E-state index contributed by atoms with van der Waals surface area (Å²) < 4.78 is 0. The van der Waals surface area contributed by atoms with Gasteiger partial charge in [0.05, 0.1) is 11.9 Å². The molecular formula is C16H18N3S2+. The molecule has 0 aliphatic rings. The van der Waals surface area contributed by atoms with Crippen LogP contribution in [-0.4, -0.2) is 12.0 Å². The van der Waals surface area contributed by atoms with Gasteiger partial charge in [-0.3, -0.25) is 0 Å². The molecule has 0 amide bonds. The average Bonchev–Trinajstić information content (AvgIpc) is 3.12. The van der Waals surface area contributed by atoms with Gasteiger partial charge in [-0.15, -0.1) is 22.7 Å². The maximum atomic E-state index is 4.66. The van der Waals surface area contributed by atoms with E-state index < -0.39 is 0 Å². The van der Waals surface area contributed by atoms with Crippen molar-refractivity contribution in [3.8, 4) is 0 Å². The second kappa shape index (κ2) is 6.85. The van der Waals surface area contributed by atoms with E-state index in [4.69, 9.17) is 0 Å². The lowest BCUT2D eigenvalue weighted by atomic mass is 10.3. The molecule has 0 aliphatic heterocycles. The van der Waals surface area contributed by atoms with Crippen LogP contribution in [0.4, 0.5) is 10.8 Å². The fourth-order valence-corrected chi connectivity index (χ4v) is 3.72. The molecule has 0 fully saturated rings. The van der Waals surface area contributed by atoms with Gasteiger partial charge >= 0.3 is 0 Å². The molecule has 1 unspecified atom stereocenters. The normalized spacial score (nSPS) is 12.2. The van der Waals surface area contributed by atoms with Crippen molar-refractivity contribution in [2.75, 3.05) is 12.4 Å². The molecule has 2 aromatic heterocycles. The largest absolute Gasteiger partial charge is 0.332 e. The molecule has 1 aromatic carbocycles. The Hall–Kier alpha value is -1.69. The fraction of sp³-hybridized carbons (Fsp3) is 0.188. The van der Waals surface area contributed by atoms with Crippen LogP contribution in [0.15, 0.2) is 53.2 Å². The molecule has 0 saturated heterocycles. The van der Waals surface area contributed by atoms with Crippen LogP contribution in [0.5, 0.6) is 0 Å². The van der Waals surface area contributed by atoms with Gasteiger partial charge in [-0.2, -0.15) is 0 Å². The molecule has 0 radical (unpaired) electrons. The lowest BCUT2D eigenvalue weighted by Gasteiger charge is -2.11. The Balaban J connectivity index is 1.57. The van der Waals surface area contributed by atoms with Crippen LogP contribution >= 0.6 is 22.7 Å². The van der Waals surface area contributed by atoms with Crippen LogP contribution in [0.1, 0.15) is 10.6 Å². The van der Waals surface area contributed by atoms with Gasteiger partial charge in [-0.25, -0.2) is 4.98 Å². The van der Waals surface area contributed by atoms with Crippen molar-refractivity contribution < 1.29 is 4.90 Å². The van der Waals surface area contributed by atoms with Crippen LogP contribution < -0.4 is 10.2 Å². The van der Waals surface area contributed by atoms with Crippen molar-refractivity contribution in [1.82, 2.24) is 4.98 Å². The Bertz CT molecular complexity index is 662. The van der Waals surface area contributed by atoms with E-state index in [1.165, 1.54) is 9.78 Å². The molecule has 3 aromatic rings. The molecule has 2 N–H and O–H groups in total. The second-order valence-electron chi connectivity index (χ2n) is 5.03. The number of aromatic nitrogens is 1. The summed E-state index contributed by atoms with van der Waals surface area (Å²) in [5.41, 5.74) is 2.23. The number of nitrogens with zero attached hydrogens (tertiary/aromatic N) is 1. The zero-order valence-corrected chi connectivity index (χ0v) is 13.5. The maximum absolute atomic E-state index is 4.66. The molecule has 2 heterocycles. The monoisotopic (exact) mass is 316 g/mol. The van der Waals surface area contributed by atoms with Crippen LogP contribution in [0.25, 0.3) is 0 Å². The van der Waals surface area contributed by atoms with Crippen molar-refractivity contribution in [3.63, 3.8) is 0 Å². The molecule has 3 nitrogen and oxygen atoms in total. The maximum Gasteiger partial charge on any atom is 0.187 e. The first kappa shape index (κ1) is 14.3. The lowest BCUT2D eigenvalue weighted by molar-refractivity contribution is -0.907. The first-order valence-corrected chi connectivity index (χ1v) is 8.66. The molecule has 0 spiro atoms. The summed E-state index contributed by atoms with van der Waals surface area (Å²) in [5, 5.41) is 8.58. The number of nitrogens with one attached hydrogen (secondary N) is 2. The SMILES string of the molecule is C[NH+](Cc1csc(Nc2ccccc2)n1)Cc1cccs1. The van der Waals surface area contributed by atoms with E-state index in [1.54, 1.807) is 11.3 Å². The second-order valence-corrected chi connectivity index (χ2v) is 6.92. The number of hydrogen-bond acceptors (Lipinski definition) is 4. The summed E-state index contributed by atoms with van der Waals surface area (Å²) in [5.74, 6) is 0. The Morgan fingerprint density at radius 2 is 1.90 bits per heavy atom. The number of rotatable bonds is 6. The standard InChI is InChI=1S/C16H17N3S2/c1-19(11-15-8-5-9-20-15)10-14-12-21-16(18-14)17-13-6-3-2-4-7-13/h2-9,12H,10-11H2,1H3,(H,17,18)/p+1. The van der Waals surface area contributed by atoms with Crippen LogP contribution in [0.3, 0.4) is 0 Å². The number of hydrogen-bond donors (Lipinski definition) is 2. The highest BCUT2D eigenvalue weighted by atomic mass is 32.1. The molecule has 0 saturated carbocycles. The smallest absolute Gasteiger partial charge is 0.187 e. The minimum absolute atomic E-state index is 0.949. The number of quaternary nitrogens is 1. The summed E-state index contributed by atoms with van der Waals surface area (Å²) in [7, 11) is 2.21. The van der Waals surface area contributed by atoms with E-state index >= 15 is 0 Å². The predicted octanol–water partition coefficient (Wildman–Crippen LogP) is 3.16. The molecule has 21 heavy (non-hydrogen) atoms. The number of benzene rings is 1. The van der Waals surface area contributed by atoms with Crippen molar-refractivity contribution >= 4 is 33.5 Å². The van der Waals surface area contributed by atoms with Gasteiger partial charge in [0.2, 0.25) is 0 Å². The van der Waals surface area contributed by atoms with E-state index in [0.717, 1.165) is 29.6 Å². The van der Waals surface area contributed by atoms with Gasteiger partial charge in [-0.1, -0.05) is 24.3 Å². The average molecular weight is 316 g/mol. The summed E-state index contributed by atoms with van der Waals surface area (Å²) in [6.45, 7) is 2.00. The van der Waals surface area contributed by atoms with Gasteiger partial charge in [0, 0.05) is 11.1 Å². The van der Waals surface area contributed by atoms with Gasteiger partial charge in [0.1, 0.15) is 18.8 Å². The summed E-state index contributed by atoms with van der Waals surface area (Å²) in [6.07, 6.45) is 0. The first-order valence-electron chi connectivity index (χ1n) is 6.90. The van der Waals surface area contributed by atoms with Crippen molar-refractivity contribution in [1.29, 1.82) is 0 Å². The van der Waals surface area contributed by atoms with E-state index in [0.29, 0.717) is 0 Å². The number of thiophene rings is 1. The summed E-state index contributed by atoms with van der Waals surface area (Å²) >= 11 is 3.48. The Labute approximate surface area is 132 Å². The molecule has 5 heteroatoms. The highest BCUT2D eigenvalue weighted by Gasteiger charge is 2.09. The number of anilines is 2. The number of para-hydroxylation sites is 1. The third kappa shape index (κ3) is 4.14. The number of thiazole rings is 1. The van der Waals surface area contributed by atoms with Crippen molar-refractivity contribution in [3.05, 3.63) is 63.8 Å². The topological polar surface area (TPSA) is 29.4 Å². The lowest BCUT2D eigenvalue weighted by Crippen LogP contribution is -3.06. The van der Waals surface area contributed by atoms with Gasteiger partial charge < -0.3 is 10.2 Å². The molecule has 108 valence electrons. The third-order valence-electron chi connectivity index (χ3n) is 3.12. The Morgan fingerprint density at radius 3 is 2.67 bits per heavy atom.